The summed E-state index contributed by atoms with van der Waals surface area (Å²) < 4.78 is 5.37. The van der Waals surface area contributed by atoms with Crippen LogP contribution in [0.5, 0.6) is 0 Å². The Morgan fingerprint density at radius 1 is 1.46 bits per heavy atom. The second kappa shape index (κ2) is 5.21. The van der Waals surface area contributed by atoms with Gasteiger partial charge >= 0.3 is 0 Å². The van der Waals surface area contributed by atoms with Gasteiger partial charge in [-0.3, -0.25) is 4.99 Å². The van der Waals surface area contributed by atoms with Crippen LogP contribution in [-0.4, -0.2) is 34.5 Å². The van der Waals surface area contributed by atoms with Gasteiger partial charge in [-0.1, -0.05) is 6.08 Å². The van der Waals surface area contributed by atoms with E-state index in [-0.39, 0.29) is 1.43 Å². The normalized spacial score (nSPS) is 30.6. The highest BCUT2D eigenvalue weighted by molar-refractivity contribution is 7.13. The molecule has 1 aromatic rings. The number of anilines is 1. The number of aliphatic hydroxyl groups excluding tert-OH is 1. The fourth-order valence-electron chi connectivity index (χ4n) is 3.51. The highest BCUT2D eigenvalue weighted by Gasteiger charge is 2.70. The van der Waals surface area contributed by atoms with Crippen LogP contribution in [0.25, 0.3) is 0 Å². The Morgan fingerprint density at radius 3 is 3.04 bits per heavy atom. The number of hydrogen-bond acceptors (Lipinski definition) is 6. The van der Waals surface area contributed by atoms with Crippen LogP contribution in [0, 0.1) is 5.41 Å². The van der Waals surface area contributed by atoms with Crippen LogP contribution in [0.3, 0.4) is 0 Å². The van der Waals surface area contributed by atoms with Gasteiger partial charge in [-0.05, 0) is 38.5 Å². The second-order valence-corrected chi connectivity index (χ2v) is 7.70. The molecule has 0 radical (unpaired) electrons. The number of allylic oxidation sites excluding steroid dienone is 2. The minimum absolute atomic E-state index is 0. The number of aliphatic hydroxyl groups is 1. The molecule has 6 heteroatoms. The lowest BCUT2D eigenvalue weighted by molar-refractivity contribution is 0.292. The van der Waals surface area contributed by atoms with Crippen molar-refractivity contribution in [2.75, 3.05) is 12.4 Å². The molecular weight excluding hydrogens is 322 g/mol. The van der Waals surface area contributed by atoms with Crippen molar-refractivity contribution >= 4 is 22.2 Å². The van der Waals surface area contributed by atoms with Crippen LogP contribution in [0.4, 0.5) is 5.13 Å². The molecule has 2 unspecified atom stereocenters. The summed E-state index contributed by atoms with van der Waals surface area (Å²) in [5.41, 5.74) is 0.961. The van der Waals surface area contributed by atoms with E-state index in [0.717, 1.165) is 28.7 Å². The molecule has 24 heavy (non-hydrogen) atoms. The van der Waals surface area contributed by atoms with Gasteiger partial charge in [0.15, 0.2) is 5.13 Å². The van der Waals surface area contributed by atoms with E-state index in [4.69, 9.17) is 9.73 Å². The van der Waals surface area contributed by atoms with Crippen LogP contribution >= 0.6 is 11.3 Å². The van der Waals surface area contributed by atoms with Crippen molar-refractivity contribution in [3.63, 3.8) is 0 Å². The molecule has 0 aromatic carbocycles. The van der Waals surface area contributed by atoms with Crippen molar-refractivity contribution in [1.29, 1.82) is 0 Å². The van der Waals surface area contributed by atoms with E-state index >= 15 is 0 Å². The number of thiazole rings is 1. The van der Waals surface area contributed by atoms with Crippen molar-refractivity contribution in [2.24, 2.45) is 10.4 Å². The SMILES string of the molecule is COC1=CC23CC2(C=C1)C(O)=CCC(c1csc(NC(C)C)n1)=N3.[HH]. The van der Waals surface area contributed by atoms with E-state index in [1.54, 1.807) is 18.4 Å². The number of hydrogen-bond donors (Lipinski definition) is 2. The maximum Gasteiger partial charge on any atom is 0.183 e. The average Bonchev–Trinajstić information content (AvgIpc) is 3.05. The van der Waals surface area contributed by atoms with Crippen LogP contribution in [0.1, 0.15) is 33.8 Å². The minimum atomic E-state index is -0.436. The van der Waals surface area contributed by atoms with Crippen molar-refractivity contribution < 1.29 is 11.3 Å². The Labute approximate surface area is 147 Å². The Morgan fingerprint density at radius 2 is 2.29 bits per heavy atom. The zero-order valence-electron chi connectivity index (χ0n) is 14.0. The third-order valence-electron chi connectivity index (χ3n) is 4.84. The number of nitrogens with one attached hydrogen (secondary N) is 1. The Balaban J connectivity index is 0.00000182. The summed E-state index contributed by atoms with van der Waals surface area (Å²) in [5.74, 6) is 1.20. The zero-order valence-corrected chi connectivity index (χ0v) is 14.9. The third-order valence-corrected chi connectivity index (χ3v) is 5.61. The first-order valence-corrected chi connectivity index (χ1v) is 9.03. The highest BCUT2D eigenvalue weighted by Crippen LogP contribution is 2.67. The Bertz CT molecular complexity index is 811. The fraction of sp³-hybridized carbons (Fsp3) is 0.444. The lowest BCUT2D eigenvalue weighted by atomic mass is 9.92. The van der Waals surface area contributed by atoms with Gasteiger partial charge in [0.25, 0.3) is 0 Å². The van der Waals surface area contributed by atoms with Crippen molar-refractivity contribution in [3.8, 4) is 0 Å². The maximum atomic E-state index is 10.6. The van der Waals surface area contributed by atoms with Gasteiger partial charge in [0, 0.05) is 19.3 Å². The first kappa shape index (κ1) is 15.4. The van der Waals surface area contributed by atoms with Gasteiger partial charge in [-0.15, -0.1) is 11.3 Å². The number of ether oxygens (including phenoxy) is 1. The predicted octanol–water partition coefficient (Wildman–Crippen LogP) is 4.07. The molecule has 2 atom stereocenters. The molecule has 2 heterocycles. The topological polar surface area (TPSA) is 66.7 Å². The number of aliphatic imine (C=N–C) groups is 1. The van der Waals surface area contributed by atoms with Gasteiger partial charge in [0.2, 0.25) is 0 Å². The monoisotopic (exact) mass is 345 g/mol. The van der Waals surface area contributed by atoms with Gasteiger partial charge in [0.05, 0.1) is 23.9 Å². The molecule has 3 aliphatic rings. The predicted molar refractivity (Wildman–Crippen MR) is 98.9 cm³/mol. The summed E-state index contributed by atoms with van der Waals surface area (Å²) in [6.45, 7) is 4.18. The standard InChI is InChI=1S/C18H21N3O2S.H2/c1-11(2)19-16-20-14(9-24-16)13-4-5-15(22)17-7-6-12(23-3)8-18(17,10-17)21-13;/h5-9,11,22H,4,10H2,1-3H3,(H,19,20);1H. The van der Waals surface area contributed by atoms with Gasteiger partial charge in [-0.2, -0.15) is 0 Å². The molecule has 4 rings (SSSR count). The van der Waals surface area contributed by atoms with Gasteiger partial charge in [0.1, 0.15) is 17.1 Å². The molecule has 5 nitrogen and oxygen atoms in total. The van der Waals surface area contributed by atoms with E-state index < -0.39 is 11.0 Å². The van der Waals surface area contributed by atoms with Gasteiger partial charge < -0.3 is 15.2 Å². The molecule has 0 bridgehead atoms. The first-order chi connectivity index (χ1) is 11.5. The lowest BCUT2D eigenvalue weighted by Crippen LogP contribution is -2.20. The number of rotatable bonds is 4. The maximum absolute atomic E-state index is 10.6. The summed E-state index contributed by atoms with van der Waals surface area (Å²) >= 11 is 1.58. The summed E-state index contributed by atoms with van der Waals surface area (Å²) in [6, 6.07) is 0.342. The van der Waals surface area contributed by atoms with Crippen LogP contribution in [0.15, 0.2) is 46.2 Å². The van der Waals surface area contributed by atoms with Crippen molar-refractivity contribution in [2.45, 2.75) is 38.3 Å². The van der Waals surface area contributed by atoms with Gasteiger partial charge in [-0.25, -0.2) is 4.98 Å². The van der Waals surface area contributed by atoms with Crippen LogP contribution in [0.2, 0.25) is 0 Å². The smallest absolute Gasteiger partial charge is 0.183 e. The van der Waals surface area contributed by atoms with Crippen molar-refractivity contribution in [1.82, 2.24) is 4.98 Å². The molecule has 2 aliphatic carbocycles. The summed E-state index contributed by atoms with van der Waals surface area (Å²) in [7, 11) is 1.66. The van der Waals surface area contributed by atoms with Crippen LogP contribution in [-0.2, 0) is 4.74 Å². The lowest BCUT2D eigenvalue weighted by Gasteiger charge is -2.20. The zero-order chi connectivity index (χ0) is 16.9. The van der Waals surface area contributed by atoms with E-state index in [1.165, 1.54) is 0 Å². The molecule has 0 saturated heterocycles. The van der Waals surface area contributed by atoms with E-state index in [2.05, 4.69) is 24.1 Å². The summed E-state index contributed by atoms with van der Waals surface area (Å²) in [5, 5.41) is 16.8. The molecule has 0 spiro atoms. The van der Waals surface area contributed by atoms with Crippen LogP contribution < -0.4 is 5.32 Å². The average molecular weight is 345 g/mol. The number of methoxy groups -OCH3 is 1. The molecule has 2 N–H and O–H groups in total. The quantitative estimate of drug-likeness (QED) is 0.863. The minimum Gasteiger partial charge on any atom is -0.512 e. The molecule has 0 amide bonds. The molecule has 1 saturated carbocycles. The summed E-state index contributed by atoms with van der Waals surface area (Å²) in [6.07, 6.45) is 9.21. The molecular formula is C18H23N3O2S. The summed E-state index contributed by atoms with van der Waals surface area (Å²) in [4.78, 5) is 9.68. The molecule has 1 fully saturated rings. The third kappa shape index (κ3) is 2.20. The second-order valence-electron chi connectivity index (χ2n) is 6.85. The highest BCUT2D eigenvalue weighted by atomic mass is 32.1. The Kier molecular flexibility index (Phi) is 3.35. The van der Waals surface area contributed by atoms with Crippen molar-refractivity contribution in [3.05, 3.63) is 46.9 Å². The first-order valence-electron chi connectivity index (χ1n) is 8.15. The van der Waals surface area contributed by atoms with E-state index in [0.29, 0.717) is 18.2 Å². The Hall–Kier alpha value is -2.08. The van der Waals surface area contributed by atoms with E-state index in [9.17, 15) is 5.11 Å². The van der Waals surface area contributed by atoms with E-state index in [1.807, 2.05) is 29.7 Å². The number of nitrogens with zero attached hydrogens (tertiary/aromatic N) is 2. The fourth-order valence-corrected chi connectivity index (χ4v) is 4.38. The number of aromatic nitrogens is 1. The molecule has 1 aromatic heterocycles. The molecule has 1 aliphatic heterocycles. The molecule has 128 valence electrons. The largest absolute Gasteiger partial charge is 0.512 e.